The summed E-state index contributed by atoms with van der Waals surface area (Å²) in [5.74, 6) is -0.277. The number of hydrazine groups is 1. The molecule has 194 valence electrons. The van der Waals surface area contributed by atoms with Crippen LogP contribution in [-0.4, -0.2) is 53.5 Å². The second-order valence-electron chi connectivity index (χ2n) is 10.9. The Morgan fingerprint density at radius 2 is 1.46 bits per heavy atom. The van der Waals surface area contributed by atoms with E-state index in [2.05, 4.69) is 119 Å². The minimum absolute atomic E-state index is 0.277. The molecule has 1 aliphatic heterocycles. The molecule has 1 unspecified atom stereocenters. The fourth-order valence-electron chi connectivity index (χ4n) is 6.49. The van der Waals surface area contributed by atoms with Gasteiger partial charge in [0.2, 0.25) is 5.91 Å². The largest absolute Gasteiger partial charge is 0.368 e. The van der Waals surface area contributed by atoms with Gasteiger partial charge in [-0.2, -0.15) is 0 Å². The Hall–Kier alpha value is -4.03. The molecular formula is C34H32N4O. The van der Waals surface area contributed by atoms with Crippen LogP contribution in [0.5, 0.6) is 0 Å². The first-order valence-electron chi connectivity index (χ1n) is 13.7. The fraction of sp³-hybridized carbons (Fsp3) is 0.206. The van der Waals surface area contributed by atoms with E-state index in [4.69, 9.17) is 5.73 Å². The molecule has 0 bridgehead atoms. The molecule has 1 saturated heterocycles. The standard InChI is InChI=1S/C34H32N4O/c1-36(20-23-9-10-24-5-2-3-6-28(24)19-23)38-18-17-37(22-31(38)34(35)39)21-29-14-13-27-12-11-25-7-4-8-26-15-16-30(29)33(27)32(25)26/h2-16,19,31H,17-18,20-22H2,1H3,(H2,35,39). The smallest absolute Gasteiger partial charge is 0.237 e. The van der Waals surface area contributed by atoms with Crippen LogP contribution in [0.15, 0.2) is 97.1 Å². The molecule has 0 saturated carbocycles. The fourth-order valence-corrected chi connectivity index (χ4v) is 6.49. The maximum Gasteiger partial charge on any atom is 0.237 e. The van der Waals surface area contributed by atoms with Crippen molar-refractivity contribution in [3.8, 4) is 0 Å². The molecule has 1 heterocycles. The lowest BCUT2D eigenvalue weighted by Gasteiger charge is -2.44. The van der Waals surface area contributed by atoms with Gasteiger partial charge in [-0.25, -0.2) is 10.0 Å². The number of hydrogen-bond acceptors (Lipinski definition) is 4. The number of nitrogens with zero attached hydrogens (tertiary/aromatic N) is 3. The normalized spacial score (nSPS) is 17.2. The van der Waals surface area contributed by atoms with Crippen molar-refractivity contribution < 1.29 is 4.79 Å². The summed E-state index contributed by atoms with van der Waals surface area (Å²) in [6.45, 7) is 3.75. The van der Waals surface area contributed by atoms with Crippen LogP contribution in [0.2, 0.25) is 0 Å². The third-order valence-corrected chi connectivity index (χ3v) is 8.44. The highest BCUT2D eigenvalue weighted by atomic mass is 16.1. The number of carbonyl (C=O) groups is 1. The number of hydrogen-bond donors (Lipinski definition) is 1. The average Bonchev–Trinajstić information content (AvgIpc) is 2.96. The van der Waals surface area contributed by atoms with Gasteiger partial charge in [-0.3, -0.25) is 9.69 Å². The Labute approximate surface area is 228 Å². The van der Waals surface area contributed by atoms with E-state index in [0.717, 1.165) is 26.2 Å². The third-order valence-electron chi connectivity index (χ3n) is 8.44. The highest BCUT2D eigenvalue weighted by Gasteiger charge is 2.33. The molecule has 6 aromatic rings. The number of rotatable bonds is 6. The molecule has 0 aliphatic carbocycles. The van der Waals surface area contributed by atoms with E-state index in [9.17, 15) is 4.79 Å². The molecule has 1 aliphatic rings. The van der Waals surface area contributed by atoms with Crippen LogP contribution in [0, 0.1) is 0 Å². The first kappa shape index (κ1) is 24.0. The molecule has 1 fully saturated rings. The second kappa shape index (κ2) is 9.62. The molecule has 7 rings (SSSR count). The number of benzene rings is 6. The van der Waals surface area contributed by atoms with Crippen LogP contribution < -0.4 is 5.73 Å². The predicted octanol–water partition coefficient (Wildman–Crippen LogP) is 5.76. The summed E-state index contributed by atoms with van der Waals surface area (Å²) >= 11 is 0. The van der Waals surface area contributed by atoms with Crippen LogP contribution >= 0.6 is 0 Å². The molecule has 39 heavy (non-hydrogen) atoms. The Kier molecular flexibility index (Phi) is 5.93. The van der Waals surface area contributed by atoms with Gasteiger partial charge in [0.15, 0.2) is 0 Å². The van der Waals surface area contributed by atoms with Gasteiger partial charge in [-0.05, 0) is 60.3 Å². The van der Waals surface area contributed by atoms with E-state index in [1.165, 1.54) is 54.2 Å². The quantitative estimate of drug-likeness (QED) is 0.289. The van der Waals surface area contributed by atoms with Crippen molar-refractivity contribution in [3.05, 3.63) is 108 Å². The Balaban J connectivity index is 1.12. The van der Waals surface area contributed by atoms with Crippen LogP contribution in [0.25, 0.3) is 43.1 Å². The summed E-state index contributed by atoms with van der Waals surface area (Å²) in [6, 6.07) is 34.5. The van der Waals surface area contributed by atoms with Crippen molar-refractivity contribution >= 4 is 49.0 Å². The highest BCUT2D eigenvalue weighted by molar-refractivity contribution is 6.23. The Bertz CT molecular complexity index is 1810. The summed E-state index contributed by atoms with van der Waals surface area (Å²) in [5, 5.41) is 14.6. The van der Waals surface area contributed by atoms with E-state index in [-0.39, 0.29) is 11.9 Å². The predicted molar refractivity (Wildman–Crippen MR) is 161 cm³/mol. The van der Waals surface area contributed by atoms with Gasteiger partial charge in [0.05, 0.1) is 0 Å². The summed E-state index contributed by atoms with van der Waals surface area (Å²) in [4.78, 5) is 15.0. The number of piperazine rings is 1. The van der Waals surface area contributed by atoms with Crippen LogP contribution in [-0.2, 0) is 17.9 Å². The lowest BCUT2D eigenvalue weighted by molar-refractivity contribution is -0.140. The van der Waals surface area contributed by atoms with Gasteiger partial charge < -0.3 is 5.73 Å². The minimum atomic E-state index is -0.371. The number of primary amides is 1. The molecule has 1 atom stereocenters. The van der Waals surface area contributed by atoms with Gasteiger partial charge in [0.1, 0.15) is 6.04 Å². The van der Waals surface area contributed by atoms with Crippen molar-refractivity contribution in [1.82, 2.24) is 14.9 Å². The summed E-state index contributed by atoms with van der Waals surface area (Å²) < 4.78 is 0. The molecular weight excluding hydrogens is 480 g/mol. The molecule has 0 spiro atoms. The van der Waals surface area contributed by atoms with Gasteiger partial charge in [0, 0.05) is 39.8 Å². The van der Waals surface area contributed by atoms with Crippen molar-refractivity contribution in [3.63, 3.8) is 0 Å². The van der Waals surface area contributed by atoms with Gasteiger partial charge >= 0.3 is 0 Å². The minimum Gasteiger partial charge on any atom is -0.368 e. The number of amides is 1. The molecule has 0 aromatic heterocycles. The van der Waals surface area contributed by atoms with Crippen molar-refractivity contribution in [2.45, 2.75) is 19.1 Å². The van der Waals surface area contributed by atoms with Crippen LogP contribution in [0.4, 0.5) is 0 Å². The highest BCUT2D eigenvalue weighted by Crippen LogP contribution is 2.36. The lowest BCUT2D eigenvalue weighted by Crippen LogP contribution is -2.62. The van der Waals surface area contributed by atoms with Gasteiger partial charge in [-0.15, -0.1) is 0 Å². The summed E-state index contributed by atoms with van der Waals surface area (Å²) in [7, 11) is 2.06. The van der Waals surface area contributed by atoms with E-state index < -0.39 is 0 Å². The maximum absolute atomic E-state index is 12.7. The topological polar surface area (TPSA) is 52.8 Å². The zero-order chi connectivity index (χ0) is 26.5. The molecule has 1 amide bonds. The zero-order valence-corrected chi connectivity index (χ0v) is 22.2. The van der Waals surface area contributed by atoms with Crippen molar-refractivity contribution in [2.75, 3.05) is 26.7 Å². The van der Waals surface area contributed by atoms with Crippen molar-refractivity contribution in [1.29, 1.82) is 0 Å². The Morgan fingerprint density at radius 1 is 0.795 bits per heavy atom. The molecule has 0 radical (unpaired) electrons. The zero-order valence-electron chi connectivity index (χ0n) is 22.2. The molecule has 6 aromatic carbocycles. The van der Waals surface area contributed by atoms with Gasteiger partial charge in [0.25, 0.3) is 0 Å². The van der Waals surface area contributed by atoms with Gasteiger partial charge in [-0.1, -0.05) is 91.0 Å². The number of nitrogens with two attached hydrogens (primary N) is 1. The number of fused-ring (bicyclic) bond motifs is 1. The monoisotopic (exact) mass is 512 g/mol. The first-order valence-corrected chi connectivity index (χ1v) is 13.7. The average molecular weight is 513 g/mol. The van der Waals surface area contributed by atoms with E-state index >= 15 is 0 Å². The van der Waals surface area contributed by atoms with Crippen LogP contribution in [0.1, 0.15) is 11.1 Å². The van der Waals surface area contributed by atoms with Crippen LogP contribution in [0.3, 0.4) is 0 Å². The molecule has 2 N–H and O–H groups in total. The third kappa shape index (κ3) is 4.29. The summed E-state index contributed by atoms with van der Waals surface area (Å²) in [6.07, 6.45) is 0. The lowest BCUT2D eigenvalue weighted by atomic mass is 9.92. The first-order chi connectivity index (χ1) is 19.0. The SMILES string of the molecule is CN(Cc1ccc2ccccc2c1)N1CCN(Cc2ccc3ccc4cccc5ccc2c3c45)CC1C(N)=O. The number of carbonyl (C=O) groups excluding carboxylic acids is 1. The molecule has 5 nitrogen and oxygen atoms in total. The van der Waals surface area contributed by atoms with E-state index in [1.54, 1.807) is 0 Å². The van der Waals surface area contributed by atoms with Crippen molar-refractivity contribution in [2.24, 2.45) is 5.73 Å². The van der Waals surface area contributed by atoms with E-state index in [1.807, 2.05) is 0 Å². The summed E-state index contributed by atoms with van der Waals surface area (Å²) in [5.41, 5.74) is 8.49. The molecule has 5 heteroatoms. The maximum atomic E-state index is 12.7. The Morgan fingerprint density at radius 3 is 2.26 bits per heavy atom. The van der Waals surface area contributed by atoms with E-state index in [0.29, 0.717) is 6.54 Å². The second-order valence-corrected chi connectivity index (χ2v) is 10.9.